The smallest absolute Gasteiger partial charge is 0.316 e. The molecular weight excluding hydrogens is 290 g/mol. The van der Waals surface area contributed by atoms with Crippen LogP contribution >= 0.6 is 0 Å². The second-order valence-corrected chi connectivity index (χ2v) is 7.15. The van der Waals surface area contributed by atoms with Gasteiger partial charge in [-0.25, -0.2) is 0 Å². The molecule has 4 unspecified atom stereocenters. The quantitative estimate of drug-likeness (QED) is 0.872. The minimum Gasteiger partial charge on any atom is -0.481 e. The third-order valence-corrected chi connectivity index (χ3v) is 5.91. The van der Waals surface area contributed by atoms with Crippen LogP contribution < -0.4 is 0 Å². The minimum absolute atomic E-state index is 0.0605. The van der Waals surface area contributed by atoms with Gasteiger partial charge < -0.3 is 10.0 Å². The molecule has 4 nitrogen and oxygen atoms in total. The van der Waals surface area contributed by atoms with E-state index in [0.717, 1.165) is 18.4 Å². The summed E-state index contributed by atoms with van der Waals surface area (Å²) in [7, 11) is 0. The highest BCUT2D eigenvalue weighted by molar-refractivity contribution is 5.86. The van der Waals surface area contributed by atoms with E-state index in [2.05, 4.69) is 12.2 Å². The molecule has 1 aromatic rings. The SMILES string of the molecule is O=C(C1CC2C=CC1C2)N1CCC(C(=O)O)(c2ccccc2)C1. The molecule has 1 saturated carbocycles. The zero-order valence-corrected chi connectivity index (χ0v) is 13.0. The summed E-state index contributed by atoms with van der Waals surface area (Å²) in [4.78, 5) is 26.7. The number of benzene rings is 1. The van der Waals surface area contributed by atoms with E-state index in [0.29, 0.717) is 31.3 Å². The summed E-state index contributed by atoms with van der Waals surface area (Å²) in [5, 5.41) is 9.84. The first-order valence-electron chi connectivity index (χ1n) is 8.36. The molecule has 1 heterocycles. The van der Waals surface area contributed by atoms with Crippen LogP contribution in [0.25, 0.3) is 0 Å². The molecule has 2 aliphatic carbocycles. The summed E-state index contributed by atoms with van der Waals surface area (Å²) in [5.74, 6) is 0.303. The van der Waals surface area contributed by atoms with E-state index in [9.17, 15) is 14.7 Å². The average molecular weight is 311 g/mol. The van der Waals surface area contributed by atoms with E-state index in [1.54, 1.807) is 4.90 Å². The number of allylic oxidation sites excluding steroid dienone is 2. The maximum Gasteiger partial charge on any atom is 0.316 e. The molecule has 1 saturated heterocycles. The Bertz CT molecular complexity index is 668. The van der Waals surface area contributed by atoms with Gasteiger partial charge in [0.1, 0.15) is 5.41 Å². The second-order valence-electron chi connectivity index (χ2n) is 7.15. The van der Waals surface area contributed by atoms with Gasteiger partial charge in [0.2, 0.25) is 5.91 Å². The molecule has 4 heteroatoms. The summed E-state index contributed by atoms with van der Waals surface area (Å²) in [5.41, 5.74) is -0.152. The minimum atomic E-state index is -0.954. The van der Waals surface area contributed by atoms with E-state index in [-0.39, 0.29) is 11.8 Å². The van der Waals surface area contributed by atoms with Crippen molar-refractivity contribution in [2.45, 2.75) is 24.7 Å². The zero-order valence-electron chi connectivity index (χ0n) is 13.0. The molecular formula is C19H21NO3. The first-order chi connectivity index (χ1) is 11.1. The van der Waals surface area contributed by atoms with E-state index in [4.69, 9.17) is 0 Å². The van der Waals surface area contributed by atoms with Gasteiger partial charge in [0.25, 0.3) is 0 Å². The molecule has 120 valence electrons. The second kappa shape index (κ2) is 5.22. The molecule has 0 radical (unpaired) electrons. The number of amides is 1. The standard InChI is InChI=1S/C19H21NO3/c21-17(16-11-13-6-7-14(16)10-13)20-9-8-19(12-20,18(22)23)15-4-2-1-3-5-15/h1-7,13-14,16H,8-12H2,(H,22,23). The number of carboxylic acids is 1. The van der Waals surface area contributed by atoms with Crippen LogP contribution in [0.4, 0.5) is 0 Å². The molecule has 2 fully saturated rings. The Morgan fingerprint density at radius 3 is 2.52 bits per heavy atom. The fourth-order valence-corrected chi connectivity index (χ4v) is 4.59. The van der Waals surface area contributed by atoms with E-state index in [1.165, 1.54) is 0 Å². The number of likely N-dealkylation sites (tertiary alicyclic amines) is 1. The van der Waals surface area contributed by atoms with Crippen LogP contribution in [0.5, 0.6) is 0 Å². The lowest BCUT2D eigenvalue weighted by Crippen LogP contribution is -2.42. The molecule has 0 spiro atoms. The number of nitrogens with zero attached hydrogens (tertiary/aromatic N) is 1. The van der Waals surface area contributed by atoms with Crippen molar-refractivity contribution in [3.8, 4) is 0 Å². The molecule has 1 amide bonds. The lowest BCUT2D eigenvalue weighted by molar-refractivity contribution is -0.144. The van der Waals surface area contributed by atoms with Crippen molar-refractivity contribution in [1.29, 1.82) is 0 Å². The Morgan fingerprint density at radius 2 is 1.91 bits per heavy atom. The summed E-state index contributed by atoms with van der Waals surface area (Å²) >= 11 is 0. The van der Waals surface area contributed by atoms with Crippen molar-refractivity contribution < 1.29 is 14.7 Å². The lowest BCUT2D eigenvalue weighted by atomic mass is 9.80. The highest BCUT2D eigenvalue weighted by atomic mass is 16.4. The van der Waals surface area contributed by atoms with Crippen LogP contribution in [0.2, 0.25) is 0 Å². The maximum absolute atomic E-state index is 12.9. The van der Waals surface area contributed by atoms with Crippen LogP contribution in [-0.4, -0.2) is 35.0 Å². The predicted molar refractivity (Wildman–Crippen MR) is 85.8 cm³/mol. The van der Waals surface area contributed by atoms with Crippen molar-refractivity contribution in [1.82, 2.24) is 4.90 Å². The number of rotatable bonds is 3. The first-order valence-corrected chi connectivity index (χ1v) is 8.36. The number of aliphatic carboxylic acids is 1. The third-order valence-electron chi connectivity index (χ3n) is 5.91. The topological polar surface area (TPSA) is 57.6 Å². The van der Waals surface area contributed by atoms with Crippen molar-refractivity contribution >= 4 is 11.9 Å². The summed E-state index contributed by atoms with van der Waals surface area (Å²) in [6.07, 6.45) is 6.92. The zero-order chi connectivity index (χ0) is 16.0. The van der Waals surface area contributed by atoms with Crippen LogP contribution in [-0.2, 0) is 15.0 Å². The number of fused-ring (bicyclic) bond motifs is 2. The Balaban J connectivity index is 1.56. The van der Waals surface area contributed by atoms with Gasteiger partial charge in [0.15, 0.2) is 0 Å². The number of carbonyl (C=O) groups is 2. The summed E-state index contributed by atoms with van der Waals surface area (Å²) < 4.78 is 0. The monoisotopic (exact) mass is 311 g/mol. The Hall–Kier alpha value is -2.10. The molecule has 3 aliphatic rings. The van der Waals surface area contributed by atoms with Crippen molar-refractivity contribution in [3.05, 3.63) is 48.0 Å². The molecule has 1 aromatic carbocycles. The maximum atomic E-state index is 12.9. The highest BCUT2D eigenvalue weighted by Crippen LogP contribution is 2.45. The first kappa shape index (κ1) is 14.5. The number of hydrogen-bond donors (Lipinski definition) is 1. The average Bonchev–Trinajstić information content (AvgIpc) is 3.30. The van der Waals surface area contributed by atoms with Gasteiger partial charge in [0.05, 0.1) is 0 Å². The normalized spacial score (nSPS) is 35.0. The molecule has 4 rings (SSSR count). The van der Waals surface area contributed by atoms with Gasteiger partial charge in [-0.05, 0) is 36.7 Å². The van der Waals surface area contributed by atoms with Crippen LogP contribution in [0.3, 0.4) is 0 Å². The fourth-order valence-electron chi connectivity index (χ4n) is 4.59. The highest BCUT2D eigenvalue weighted by Gasteiger charge is 2.50. The van der Waals surface area contributed by atoms with Gasteiger partial charge >= 0.3 is 5.97 Å². The molecule has 23 heavy (non-hydrogen) atoms. The third kappa shape index (κ3) is 2.19. The molecule has 1 N–H and O–H groups in total. The molecule has 2 bridgehead atoms. The van der Waals surface area contributed by atoms with Gasteiger partial charge in [0, 0.05) is 19.0 Å². The van der Waals surface area contributed by atoms with E-state index in [1.807, 2.05) is 30.3 Å². The Morgan fingerprint density at radius 1 is 1.13 bits per heavy atom. The lowest BCUT2D eigenvalue weighted by Gasteiger charge is -2.28. The summed E-state index contributed by atoms with van der Waals surface area (Å²) in [6.45, 7) is 0.834. The number of hydrogen-bond acceptors (Lipinski definition) is 2. The van der Waals surface area contributed by atoms with E-state index >= 15 is 0 Å². The van der Waals surface area contributed by atoms with Crippen LogP contribution in [0.15, 0.2) is 42.5 Å². The van der Waals surface area contributed by atoms with Crippen LogP contribution in [0, 0.1) is 17.8 Å². The van der Waals surface area contributed by atoms with Gasteiger partial charge in [-0.15, -0.1) is 0 Å². The fraction of sp³-hybridized carbons (Fsp3) is 0.474. The molecule has 4 atom stereocenters. The Kier molecular flexibility index (Phi) is 3.29. The van der Waals surface area contributed by atoms with Crippen molar-refractivity contribution in [2.75, 3.05) is 13.1 Å². The largest absolute Gasteiger partial charge is 0.481 e. The predicted octanol–water partition coefficient (Wildman–Crippen LogP) is 2.45. The van der Waals surface area contributed by atoms with Gasteiger partial charge in [-0.2, -0.15) is 0 Å². The molecule has 0 aromatic heterocycles. The van der Waals surface area contributed by atoms with E-state index < -0.39 is 11.4 Å². The number of carbonyl (C=O) groups excluding carboxylic acids is 1. The van der Waals surface area contributed by atoms with Crippen LogP contribution in [0.1, 0.15) is 24.8 Å². The van der Waals surface area contributed by atoms with Crippen molar-refractivity contribution in [2.24, 2.45) is 17.8 Å². The summed E-state index contributed by atoms with van der Waals surface area (Å²) in [6, 6.07) is 9.35. The van der Waals surface area contributed by atoms with Crippen molar-refractivity contribution in [3.63, 3.8) is 0 Å². The Labute approximate surface area is 135 Å². The molecule has 1 aliphatic heterocycles. The van der Waals surface area contributed by atoms with Gasteiger partial charge in [-0.1, -0.05) is 42.5 Å². The number of carboxylic acid groups (broad SMARTS) is 1. The van der Waals surface area contributed by atoms with Gasteiger partial charge in [-0.3, -0.25) is 9.59 Å².